The number of carbonyl (C=O) groups is 3. The number of fused-ring (bicyclic) bond motifs is 1. The predicted octanol–water partition coefficient (Wildman–Crippen LogP) is 3.06. The van der Waals surface area contributed by atoms with E-state index in [0.717, 1.165) is 27.4 Å². The Bertz CT molecular complexity index is 1130. The summed E-state index contributed by atoms with van der Waals surface area (Å²) in [5.41, 5.74) is 1.73. The van der Waals surface area contributed by atoms with Crippen molar-refractivity contribution in [3.05, 3.63) is 65.1 Å². The molecular weight excluding hydrogens is 399 g/mol. The average molecular weight is 415 g/mol. The van der Waals surface area contributed by atoms with Gasteiger partial charge in [0.25, 0.3) is 5.91 Å². The van der Waals surface area contributed by atoms with E-state index in [2.05, 4.69) is 15.6 Å². The van der Waals surface area contributed by atoms with Crippen molar-refractivity contribution in [3.8, 4) is 0 Å². The fraction of sp³-hybridized carbons (Fsp3) is 0.150. The van der Waals surface area contributed by atoms with Gasteiger partial charge in [0.1, 0.15) is 18.4 Å². The predicted molar refractivity (Wildman–Crippen MR) is 106 cm³/mol. The smallest absolute Gasteiger partial charge is 0.325 e. The van der Waals surface area contributed by atoms with Crippen LogP contribution >= 0.6 is 11.6 Å². The number of rotatable bonds is 5. The topological polar surface area (TPSA) is 94.3 Å². The highest BCUT2D eigenvalue weighted by Crippen LogP contribution is 2.22. The van der Waals surface area contributed by atoms with Crippen molar-refractivity contribution in [1.29, 1.82) is 0 Å². The molecule has 9 heteroatoms. The molecule has 3 N–H and O–H groups in total. The zero-order valence-electron chi connectivity index (χ0n) is 15.0. The number of aromatic amines is 1. The molecule has 0 bridgehead atoms. The second kappa shape index (κ2) is 7.56. The number of imide groups is 1. The van der Waals surface area contributed by atoms with Crippen molar-refractivity contribution in [1.82, 2.24) is 15.2 Å². The monoisotopic (exact) mass is 414 g/mol. The molecule has 0 radical (unpaired) electrons. The summed E-state index contributed by atoms with van der Waals surface area (Å²) in [6.45, 7) is -0.517. The lowest BCUT2D eigenvalue weighted by Gasteiger charge is -2.13. The summed E-state index contributed by atoms with van der Waals surface area (Å²) in [4.78, 5) is 41.0. The van der Waals surface area contributed by atoms with Crippen LogP contribution in [-0.4, -0.2) is 40.3 Å². The minimum atomic E-state index is -0.776. The number of nitrogens with zero attached hydrogens (tertiary/aromatic N) is 1. The summed E-state index contributed by atoms with van der Waals surface area (Å²) in [5.74, 6) is -1.91. The maximum Gasteiger partial charge on any atom is 0.325 e. The molecule has 1 aliphatic rings. The lowest BCUT2D eigenvalue weighted by molar-refractivity contribution is -0.130. The highest BCUT2D eigenvalue weighted by atomic mass is 35.5. The first-order chi connectivity index (χ1) is 13.9. The maximum atomic E-state index is 13.8. The van der Waals surface area contributed by atoms with Crippen LogP contribution in [0.1, 0.15) is 5.56 Å². The molecule has 4 amide bonds. The third-order valence-electron chi connectivity index (χ3n) is 4.71. The molecule has 7 nitrogen and oxygen atoms in total. The molecule has 148 valence electrons. The molecule has 1 aliphatic heterocycles. The van der Waals surface area contributed by atoms with Crippen LogP contribution in [0.3, 0.4) is 0 Å². The second-order valence-corrected chi connectivity index (χ2v) is 7.10. The Labute approximate surface area is 169 Å². The van der Waals surface area contributed by atoms with Gasteiger partial charge in [-0.05, 0) is 29.8 Å². The number of para-hydroxylation sites is 1. The largest absolute Gasteiger partial charge is 0.361 e. The van der Waals surface area contributed by atoms with Gasteiger partial charge in [0, 0.05) is 28.5 Å². The van der Waals surface area contributed by atoms with E-state index >= 15 is 0 Å². The van der Waals surface area contributed by atoms with Crippen LogP contribution in [0.5, 0.6) is 0 Å². The molecule has 0 saturated carbocycles. The van der Waals surface area contributed by atoms with Crippen molar-refractivity contribution in [2.24, 2.45) is 0 Å². The highest BCUT2D eigenvalue weighted by Gasteiger charge is 2.39. The van der Waals surface area contributed by atoms with E-state index < -0.39 is 36.2 Å². The minimum Gasteiger partial charge on any atom is -0.361 e. The van der Waals surface area contributed by atoms with Crippen LogP contribution in [-0.2, 0) is 16.0 Å². The number of anilines is 1. The summed E-state index contributed by atoms with van der Waals surface area (Å²) in [6, 6.07) is 9.98. The SMILES string of the molecule is O=C(CN1C(=O)NC(Cc2c[nH]c3ccccc23)C1=O)Nc1ccc(Cl)cc1F. The van der Waals surface area contributed by atoms with Gasteiger partial charge in [0.15, 0.2) is 0 Å². The number of hydrogen-bond acceptors (Lipinski definition) is 3. The van der Waals surface area contributed by atoms with Crippen LogP contribution in [0.2, 0.25) is 5.02 Å². The van der Waals surface area contributed by atoms with Crippen molar-refractivity contribution in [2.45, 2.75) is 12.5 Å². The van der Waals surface area contributed by atoms with Gasteiger partial charge in [-0.15, -0.1) is 0 Å². The van der Waals surface area contributed by atoms with Gasteiger partial charge in [-0.25, -0.2) is 9.18 Å². The van der Waals surface area contributed by atoms with Gasteiger partial charge in [-0.2, -0.15) is 0 Å². The van der Waals surface area contributed by atoms with Gasteiger partial charge >= 0.3 is 6.03 Å². The summed E-state index contributed by atoms with van der Waals surface area (Å²) >= 11 is 5.68. The average Bonchev–Trinajstić information content (AvgIpc) is 3.21. The van der Waals surface area contributed by atoms with E-state index in [9.17, 15) is 18.8 Å². The second-order valence-electron chi connectivity index (χ2n) is 6.66. The molecule has 2 aromatic carbocycles. The summed E-state index contributed by atoms with van der Waals surface area (Å²) < 4.78 is 13.8. The fourth-order valence-electron chi connectivity index (χ4n) is 3.31. The Morgan fingerprint density at radius 1 is 1.21 bits per heavy atom. The number of amides is 4. The molecule has 2 heterocycles. The van der Waals surface area contributed by atoms with Gasteiger partial charge in [-0.1, -0.05) is 29.8 Å². The summed E-state index contributed by atoms with van der Waals surface area (Å²) in [7, 11) is 0. The molecule has 1 saturated heterocycles. The van der Waals surface area contributed by atoms with E-state index in [-0.39, 0.29) is 10.7 Å². The molecule has 4 rings (SSSR count). The molecule has 1 fully saturated rings. The van der Waals surface area contributed by atoms with Crippen LogP contribution in [0.4, 0.5) is 14.9 Å². The van der Waals surface area contributed by atoms with Crippen molar-refractivity contribution >= 4 is 46.0 Å². The van der Waals surface area contributed by atoms with E-state index in [1.165, 1.54) is 12.1 Å². The van der Waals surface area contributed by atoms with Crippen molar-refractivity contribution in [3.63, 3.8) is 0 Å². The zero-order chi connectivity index (χ0) is 20.5. The summed E-state index contributed by atoms with van der Waals surface area (Å²) in [5, 5.41) is 6.09. The fourth-order valence-corrected chi connectivity index (χ4v) is 3.47. The standard InChI is InChI=1S/C20H16ClFN4O3/c21-12-5-6-16(14(22)8-12)24-18(27)10-26-19(28)17(25-20(26)29)7-11-9-23-15-4-2-1-3-13(11)15/h1-6,8-9,17,23H,7,10H2,(H,24,27)(H,25,29). The lowest BCUT2D eigenvalue weighted by Crippen LogP contribution is -2.38. The Balaban J connectivity index is 1.43. The number of aromatic nitrogens is 1. The molecule has 1 unspecified atom stereocenters. The Morgan fingerprint density at radius 2 is 2.00 bits per heavy atom. The van der Waals surface area contributed by atoms with Crippen LogP contribution in [0.15, 0.2) is 48.7 Å². The zero-order valence-corrected chi connectivity index (χ0v) is 15.8. The number of benzene rings is 2. The molecule has 0 spiro atoms. The first-order valence-electron chi connectivity index (χ1n) is 8.84. The molecule has 3 aromatic rings. The number of urea groups is 1. The van der Waals surface area contributed by atoms with Crippen LogP contribution in [0.25, 0.3) is 10.9 Å². The third kappa shape index (κ3) is 3.79. The Kier molecular flexibility index (Phi) is 4.94. The minimum absolute atomic E-state index is 0.0817. The first-order valence-corrected chi connectivity index (χ1v) is 9.22. The van der Waals surface area contributed by atoms with E-state index in [0.29, 0.717) is 6.42 Å². The van der Waals surface area contributed by atoms with Gasteiger partial charge in [-0.3, -0.25) is 14.5 Å². The number of hydrogen-bond donors (Lipinski definition) is 3. The quantitative estimate of drug-likeness (QED) is 0.560. The lowest BCUT2D eigenvalue weighted by atomic mass is 10.1. The summed E-state index contributed by atoms with van der Waals surface area (Å²) in [6.07, 6.45) is 2.08. The van der Waals surface area contributed by atoms with Gasteiger partial charge < -0.3 is 15.6 Å². The number of H-pyrrole nitrogens is 1. The van der Waals surface area contributed by atoms with E-state index in [1.54, 1.807) is 6.20 Å². The number of halogens is 2. The molecule has 0 aliphatic carbocycles. The van der Waals surface area contributed by atoms with Crippen molar-refractivity contribution in [2.75, 3.05) is 11.9 Å². The molecular formula is C20H16ClFN4O3. The molecule has 29 heavy (non-hydrogen) atoms. The van der Waals surface area contributed by atoms with Crippen molar-refractivity contribution < 1.29 is 18.8 Å². The van der Waals surface area contributed by atoms with Crippen LogP contribution < -0.4 is 10.6 Å². The maximum absolute atomic E-state index is 13.8. The first kappa shape index (κ1) is 18.9. The number of nitrogens with one attached hydrogen (secondary N) is 3. The van der Waals surface area contributed by atoms with Crippen LogP contribution in [0, 0.1) is 5.82 Å². The van der Waals surface area contributed by atoms with Gasteiger partial charge in [0.2, 0.25) is 5.91 Å². The Hall–Kier alpha value is -3.39. The number of carbonyl (C=O) groups excluding carboxylic acids is 3. The Morgan fingerprint density at radius 3 is 2.79 bits per heavy atom. The van der Waals surface area contributed by atoms with E-state index in [1.807, 2.05) is 24.3 Å². The molecule has 1 atom stereocenters. The van der Waals surface area contributed by atoms with E-state index in [4.69, 9.17) is 11.6 Å². The highest BCUT2D eigenvalue weighted by molar-refractivity contribution is 6.30. The third-order valence-corrected chi connectivity index (χ3v) is 4.95. The van der Waals surface area contributed by atoms with Gasteiger partial charge in [0.05, 0.1) is 5.69 Å². The molecule has 1 aromatic heterocycles. The normalized spacial score (nSPS) is 16.3.